The van der Waals surface area contributed by atoms with Crippen molar-refractivity contribution in [3.8, 4) is 0 Å². The smallest absolute Gasteiger partial charge is 0.305 e. The van der Waals surface area contributed by atoms with Gasteiger partial charge in [0.05, 0.1) is 209 Å². The van der Waals surface area contributed by atoms with Crippen LogP contribution in [0.4, 0.5) is 0 Å². The Bertz CT molecular complexity index is 3710. The van der Waals surface area contributed by atoms with Crippen molar-refractivity contribution in [2.24, 2.45) is 0 Å². The number of aliphatic hydroxyl groups is 2. The number of carbonyl (C=O) groups is 11. The lowest BCUT2D eigenvalue weighted by Gasteiger charge is -2.25. The van der Waals surface area contributed by atoms with Gasteiger partial charge in [0.15, 0.2) is 6.29 Å². The number of benzene rings is 2. The van der Waals surface area contributed by atoms with E-state index in [1.54, 1.807) is 12.4 Å². The quantitative estimate of drug-likeness (QED) is 0.0107. The molecule has 0 radical (unpaired) electrons. The molecule has 1 aliphatic rings. The van der Waals surface area contributed by atoms with Gasteiger partial charge in [0.2, 0.25) is 59.1 Å². The van der Waals surface area contributed by atoms with Crippen molar-refractivity contribution >= 4 is 98.6 Å². The molecular weight excluding hydrogens is 1660 g/mol. The van der Waals surface area contributed by atoms with E-state index in [-0.39, 0.29) is 153 Å². The second kappa shape index (κ2) is 67.8. The summed E-state index contributed by atoms with van der Waals surface area (Å²) in [7, 11) is 2.84. The lowest BCUT2D eigenvalue weighted by atomic mass is 10.0. The van der Waals surface area contributed by atoms with Crippen LogP contribution in [0.5, 0.6) is 0 Å². The number of rotatable bonds is 78. The molecule has 10 amide bonds. The number of para-hydroxylation sites is 2. The predicted octanol–water partition coefficient (Wildman–Crippen LogP) is -1.17. The monoisotopic (exact) mass is 1790 g/mol. The number of aliphatic hydroxyl groups excluding tert-OH is 2. The first-order valence-corrected chi connectivity index (χ1v) is 43.3. The van der Waals surface area contributed by atoms with E-state index >= 15 is 0 Å². The molecule has 2 aromatic heterocycles. The fraction of sp³-hybridized carbons (Fsp3) is 0.675. The molecule has 0 saturated carbocycles. The Morgan fingerprint density at radius 3 is 1.40 bits per heavy atom. The molecule has 41 nitrogen and oxygen atoms in total. The van der Waals surface area contributed by atoms with Crippen LogP contribution in [0.15, 0.2) is 60.9 Å². The molecule has 12 N–H and O–H groups in total. The lowest BCUT2D eigenvalue weighted by molar-refractivity contribution is -0.194. The van der Waals surface area contributed by atoms with Gasteiger partial charge in [0, 0.05) is 125 Å². The average molecular weight is 1800 g/mol. The van der Waals surface area contributed by atoms with Gasteiger partial charge < -0.3 is 143 Å². The number of hydrogen-bond acceptors (Lipinski definition) is 31. The fourth-order valence-electron chi connectivity index (χ4n) is 11.8. The number of nitrogens with zero attached hydrogens (tertiary/aromatic N) is 1. The number of aromatic amines is 2. The number of amides is 10. The van der Waals surface area contributed by atoms with Crippen molar-refractivity contribution < 1.29 is 143 Å². The molecule has 0 bridgehead atoms. The number of thioether (sulfide) groups is 1. The van der Waals surface area contributed by atoms with Gasteiger partial charge in [-0.2, -0.15) is 0 Å². The Morgan fingerprint density at radius 2 is 0.936 bits per heavy atom. The molecular formula is C83H131N11O30S. The molecule has 3 heterocycles. The van der Waals surface area contributed by atoms with Crippen LogP contribution in [0, 0.1) is 0 Å². The number of nitrogens with one attached hydrogen (secondary N) is 10. The third-order valence-corrected chi connectivity index (χ3v) is 19.7. The van der Waals surface area contributed by atoms with Gasteiger partial charge in [-0.25, -0.2) is 0 Å². The van der Waals surface area contributed by atoms with E-state index in [1.165, 1.54) is 32.8 Å². The first-order valence-electron chi connectivity index (χ1n) is 42.3. The number of ether oxygens (including phenoxy) is 17. The van der Waals surface area contributed by atoms with E-state index in [4.69, 9.17) is 80.5 Å². The number of H-pyrrole nitrogens is 2. The number of methoxy groups -OCH3 is 1. The molecule has 7 atom stereocenters. The zero-order valence-corrected chi connectivity index (χ0v) is 73.1. The zero-order valence-electron chi connectivity index (χ0n) is 72.3. The summed E-state index contributed by atoms with van der Waals surface area (Å²) < 4.78 is 93.1. The van der Waals surface area contributed by atoms with Gasteiger partial charge in [0.25, 0.3) is 0 Å². The highest BCUT2D eigenvalue weighted by Crippen LogP contribution is 2.26. The SMILES string of the molecule is CCC(CO)OC(COC(=O)CCCC(=O)NCCSC1CC(=O)N(CCC(=O)NCCOCCOCCOCCOCCOCCOCCOCCOCCOCCOCCOCCOCCC(=O)NCCOCCOCC(=O)N[C@@H](Cc2c[nH]c3ccccc23)C(=O)N[C@H](C(=O)NCC(=O)N[C@@H](Cc2c[nH]c3ccccc23)C(=O)NC)[C@@H](C)O)C1=O)OC. The first kappa shape index (κ1) is 107. The fourth-order valence-corrected chi connectivity index (χ4v) is 12.8. The second-order valence-corrected chi connectivity index (χ2v) is 29.3. The molecule has 0 aliphatic carbocycles. The van der Waals surface area contributed by atoms with E-state index in [1.807, 2.05) is 55.5 Å². The number of fused-ring (bicyclic) bond motifs is 2. The van der Waals surface area contributed by atoms with Crippen molar-refractivity contribution in [2.75, 3.05) is 251 Å². The minimum Gasteiger partial charge on any atom is -0.460 e. The van der Waals surface area contributed by atoms with Crippen molar-refractivity contribution in [2.45, 2.75) is 114 Å². The number of likely N-dealkylation sites (tertiary alicyclic amines) is 1. The summed E-state index contributed by atoms with van der Waals surface area (Å²) in [6, 6.07) is 11.1. The van der Waals surface area contributed by atoms with Crippen molar-refractivity contribution in [3.63, 3.8) is 0 Å². The maximum absolute atomic E-state index is 13.9. The highest BCUT2D eigenvalue weighted by Gasteiger charge is 2.39. The second-order valence-electron chi connectivity index (χ2n) is 28.0. The van der Waals surface area contributed by atoms with E-state index in [2.05, 4.69) is 52.5 Å². The van der Waals surface area contributed by atoms with Crippen molar-refractivity contribution in [3.05, 3.63) is 72.1 Å². The van der Waals surface area contributed by atoms with E-state index < -0.39 is 90.5 Å². The summed E-state index contributed by atoms with van der Waals surface area (Å²) >= 11 is 1.26. The van der Waals surface area contributed by atoms with Gasteiger partial charge in [-0.15, -0.1) is 11.8 Å². The van der Waals surface area contributed by atoms with Crippen LogP contribution in [0.3, 0.4) is 0 Å². The maximum atomic E-state index is 13.9. The van der Waals surface area contributed by atoms with Crippen LogP contribution in [-0.4, -0.2) is 383 Å². The van der Waals surface area contributed by atoms with Crippen LogP contribution < -0.4 is 42.5 Å². The third-order valence-electron chi connectivity index (χ3n) is 18.5. The molecule has 4 aromatic rings. The Hall–Kier alpha value is -8.48. The van der Waals surface area contributed by atoms with Gasteiger partial charge in [-0.1, -0.05) is 43.3 Å². The van der Waals surface area contributed by atoms with Gasteiger partial charge in [-0.3, -0.25) is 57.6 Å². The molecule has 125 heavy (non-hydrogen) atoms. The summed E-state index contributed by atoms with van der Waals surface area (Å²) in [5.41, 5.74) is 3.13. The van der Waals surface area contributed by atoms with E-state index in [0.29, 0.717) is 163 Å². The van der Waals surface area contributed by atoms with Crippen LogP contribution in [-0.2, 0) is 146 Å². The molecule has 1 saturated heterocycles. The van der Waals surface area contributed by atoms with Crippen molar-refractivity contribution in [1.29, 1.82) is 0 Å². The normalized spacial score (nSPS) is 14.2. The number of hydrogen-bond donors (Lipinski definition) is 12. The molecule has 5 rings (SSSR count). The van der Waals surface area contributed by atoms with Crippen LogP contribution in [0.25, 0.3) is 21.8 Å². The maximum Gasteiger partial charge on any atom is 0.305 e. The highest BCUT2D eigenvalue weighted by molar-refractivity contribution is 8.00. The summed E-state index contributed by atoms with van der Waals surface area (Å²) in [4.78, 5) is 148. The third kappa shape index (κ3) is 47.8. The predicted molar refractivity (Wildman–Crippen MR) is 454 cm³/mol. The number of esters is 1. The van der Waals surface area contributed by atoms with Crippen LogP contribution in [0.1, 0.15) is 69.9 Å². The summed E-state index contributed by atoms with van der Waals surface area (Å²) in [6.45, 7) is 11.7. The topological polar surface area (TPSA) is 516 Å². The molecule has 3 unspecified atom stereocenters. The number of imide groups is 1. The number of carbonyl (C=O) groups excluding carboxylic acids is 11. The first-order chi connectivity index (χ1) is 60.8. The van der Waals surface area contributed by atoms with Gasteiger partial charge in [-0.05, 0) is 43.0 Å². The Labute approximate surface area is 732 Å². The number of aromatic nitrogens is 2. The van der Waals surface area contributed by atoms with E-state index in [9.17, 15) is 63.0 Å². The Balaban J connectivity index is 0.710. The van der Waals surface area contributed by atoms with E-state index in [0.717, 1.165) is 32.3 Å². The largest absolute Gasteiger partial charge is 0.460 e. The minimum atomic E-state index is -1.54. The van der Waals surface area contributed by atoms with Crippen LogP contribution in [0.2, 0.25) is 0 Å². The minimum absolute atomic E-state index is 0.0115. The van der Waals surface area contributed by atoms with Crippen LogP contribution >= 0.6 is 11.8 Å². The van der Waals surface area contributed by atoms with Gasteiger partial charge in [0.1, 0.15) is 31.3 Å². The molecule has 2 aromatic carbocycles. The standard InChI is InChI=1S/C83H131N11O30S/c1-5-63(57-95)124-78(108-4)59-123-77(103)16-10-15-71(97)87-21-50-125-70-53-76(102)94(83(70)107)22-17-72(98)85-19-24-110-27-29-113-31-33-115-35-37-117-39-41-119-43-45-121-47-46-120-44-42-118-40-38-116-36-34-114-32-30-112-28-26-109-23-18-73(99)86-20-25-111-48-49-122-58-75(101)92-69(52-62-55-89-67-14-9-7-12-65(62)67)81(105)93-79(60(2)96)82(106)90-56-74(100)91-68(80(104)84-3)51-61-54-88-66-13-8-6-11-64(61)66/h6-9,11-14,54-55,60,63,68-70,78-79,88-89,95-96H,5,10,15-53,56-59H2,1-4H3,(H,84,104)(H,85,98)(H,86,99)(H,87,97)(H,90,106)(H,91,100)(H,92,101)(H,93,105)/t60-,63?,68+,69+,70?,78?,79+/m1/s1. The zero-order chi connectivity index (χ0) is 90.1. The Morgan fingerprint density at radius 1 is 0.504 bits per heavy atom. The molecule has 42 heteroatoms. The summed E-state index contributed by atoms with van der Waals surface area (Å²) in [6.07, 6.45) is 1.96. The average Bonchev–Trinajstić information content (AvgIpc) is 1.70. The molecule has 704 valence electrons. The number of likely N-dealkylation sites (N-methyl/N-ethyl adjacent to an activating group) is 1. The highest BCUT2D eigenvalue weighted by atomic mass is 32.2. The summed E-state index contributed by atoms with van der Waals surface area (Å²) in [5, 5.41) is 42.1. The van der Waals surface area contributed by atoms with Crippen molar-refractivity contribution in [1.82, 2.24) is 57.4 Å². The molecule has 1 aliphatic heterocycles. The summed E-state index contributed by atoms with van der Waals surface area (Å²) in [5.74, 6) is -5.14. The lowest BCUT2D eigenvalue weighted by Crippen LogP contribution is -2.59. The Kier molecular flexibility index (Phi) is 58.0. The molecule has 1 fully saturated rings. The molecule has 0 spiro atoms. The van der Waals surface area contributed by atoms with Gasteiger partial charge >= 0.3 is 5.97 Å².